The monoisotopic (exact) mass is 295 g/mol. The van der Waals surface area contributed by atoms with E-state index in [0.29, 0.717) is 5.56 Å². The van der Waals surface area contributed by atoms with Crippen molar-refractivity contribution in [3.63, 3.8) is 0 Å². The van der Waals surface area contributed by atoms with Crippen LogP contribution in [-0.4, -0.2) is 16.6 Å². The summed E-state index contributed by atoms with van der Waals surface area (Å²) in [5.74, 6) is 5.97. The number of hydrazone groups is 1. The van der Waals surface area contributed by atoms with Gasteiger partial charge in [0.15, 0.2) is 0 Å². The number of benzene rings is 2. The van der Waals surface area contributed by atoms with Gasteiger partial charge in [-0.2, -0.15) is 10.4 Å². The molecule has 5 N–H and O–H groups in total. The van der Waals surface area contributed by atoms with Gasteiger partial charge in [-0.3, -0.25) is 0 Å². The average molecular weight is 295 g/mol. The Morgan fingerprint density at radius 2 is 1.68 bits per heavy atom. The molecule has 0 heterocycles. The molecular formula is C16H17N5O. The van der Waals surface area contributed by atoms with Crippen LogP contribution in [0.25, 0.3) is 0 Å². The molecule has 2 aromatic rings. The summed E-state index contributed by atoms with van der Waals surface area (Å²) < 4.78 is 0. The number of hydrazine groups is 1. The van der Waals surface area contributed by atoms with E-state index in [1.165, 1.54) is 5.12 Å². The van der Waals surface area contributed by atoms with Crippen LogP contribution in [0.2, 0.25) is 0 Å². The Morgan fingerprint density at radius 1 is 1.14 bits per heavy atom. The molecule has 0 spiro atoms. The molecule has 6 nitrogen and oxygen atoms in total. The maximum Gasteiger partial charge on any atom is 0.114 e. The van der Waals surface area contributed by atoms with Crippen LogP contribution in [0.5, 0.6) is 0 Å². The molecule has 22 heavy (non-hydrogen) atoms. The molecule has 0 aromatic heterocycles. The zero-order valence-corrected chi connectivity index (χ0v) is 11.9. The Morgan fingerprint density at radius 3 is 2.14 bits per heavy atom. The second kappa shape index (κ2) is 7.22. The van der Waals surface area contributed by atoms with Gasteiger partial charge >= 0.3 is 0 Å². The Labute approximate surface area is 128 Å². The van der Waals surface area contributed by atoms with Gasteiger partial charge in [-0.1, -0.05) is 36.4 Å². The molecule has 0 aliphatic carbocycles. The van der Waals surface area contributed by atoms with E-state index < -0.39 is 0 Å². The maximum atomic E-state index is 9.13. The SMILES string of the molecule is N#Cc1ccc(C(c2ccc(CO)cc2)N(N)/N=C\N)cc1. The topological polar surface area (TPSA) is 112 Å². The number of nitrogens with two attached hydrogens (primary N) is 2. The van der Waals surface area contributed by atoms with E-state index in [1.54, 1.807) is 12.1 Å². The fourth-order valence-corrected chi connectivity index (χ4v) is 2.19. The summed E-state index contributed by atoms with van der Waals surface area (Å²) in [5.41, 5.74) is 8.49. The van der Waals surface area contributed by atoms with Crippen LogP contribution in [0.1, 0.15) is 28.3 Å². The highest BCUT2D eigenvalue weighted by Gasteiger charge is 2.19. The minimum atomic E-state index is -0.347. The first-order valence-corrected chi connectivity index (χ1v) is 6.67. The summed E-state index contributed by atoms with van der Waals surface area (Å²) in [6.45, 7) is -0.0187. The molecule has 112 valence electrons. The number of nitriles is 1. The Balaban J connectivity index is 2.42. The van der Waals surface area contributed by atoms with Crippen molar-refractivity contribution < 1.29 is 5.11 Å². The highest BCUT2D eigenvalue weighted by atomic mass is 16.3. The Bertz CT molecular complexity index is 673. The van der Waals surface area contributed by atoms with Crippen molar-refractivity contribution in [3.05, 3.63) is 70.8 Å². The Kier molecular flexibility index (Phi) is 5.09. The normalized spacial score (nSPS) is 12.0. The summed E-state index contributed by atoms with van der Waals surface area (Å²) in [6.07, 6.45) is 1.12. The number of hydrogen-bond acceptors (Lipinski definition) is 5. The first-order chi connectivity index (χ1) is 10.7. The van der Waals surface area contributed by atoms with Gasteiger partial charge in [0.1, 0.15) is 12.4 Å². The number of rotatable bonds is 5. The quantitative estimate of drug-likeness (QED) is 0.332. The van der Waals surface area contributed by atoms with Gasteiger partial charge in [-0.25, -0.2) is 11.0 Å². The molecule has 0 bridgehead atoms. The molecule has 0 aliphatic rings. The predicted molar refractivity (Wildman–Crippen MR) is 84.1 cm³/mol. The highest BCUT2D eigenvalue weighted by Crippen LogP contribution is 2.27. The van der Waals surface area contributed by atoms with E-state index >= 15 is 0 Å². The van der Waals surface area contributed by atoms with Crippen LogP contribution in [0.15, 0.2) is 53.6 Å². The largest absolute Gasteiger partial charge is 0.392 e. The second-order valence-corrected chi connectivity index (χ2v) is 4.68. The molecular weight excluding hydrogens is 278 g/mol. The van der Waals surface area contributed by atoms with Gasteiger partial charge < -0.3 is 10.8 Å². The molecule has 0 saturated carbocycles. The van der Waals surface area contributed by atoms with Crippen LogP contribution in [-0.2, 0) is 6.61 Å². The molecule has 0 saturated heterocycles. The summed E-state index contributed by atoms with van der Waals surface area (Å²) in [7, 11) is 0. The van der Waals surface area contributed by atoms with Crippen molar-refractivity contribution in [2.24, 2.45) is 16.7 Å². The predicted octanol–water partition coefficient (Wildman–Crippen LogP) is 1.22. The van der Waals surface area contributed by atoms with Crippen LogP contribution in [0.4, 0.5) is 0 Å². The molecule has 0 aliphatic heterocycles. The summed E-state index contributed by atoms with van der Waals surface area (Å²) >= 11 is 0. The maximum absolute atomic E-state index is 9.13. The van der Waals surface area contributed by atoms with Crippen LogP contribution in [0.3, 0.4) is 0 Å². The lowest BCUT2D eigenvalue weighted by Crippen LogP contribution is -2.31. The average Bonchev–Trinajstić information content (AvgIpc) is 2.56. The van der Waals surface area contributed by atoms with Crippen molar-refractivity contribution in [1.82, 2.24) is 5.12 Å². The second-order valence-electron chi connectivity index (χ2n) is 4.68. The third-order valence-electron chi connectivity index (χ3n) is 3.30. The van der Waals surface area contributed by atoms with Gasteiger partial charge in [-0.15, -0.1) is 0 Å². The lowest BCUT2D eigenvalue weighted by molar-refractivity contribution is 0.245. The Hall–Kier alpha value is -2.88. The lowest BCUT2D eigenvalue weighted by Gasteiger charge is -2.25. The first-order valence-electron chi connectivity index (χ1n) is 6.67. The third kappa shape index (κ3) is 3.41. The van der Waals surface area contributed by atoms with Crippen molar-refractivity contribution >= 4 is 6.34 Å². The van der Waals surface area contributed by atoms with E-state index in [9.17, 15) is 0 Å². The van der Waals surface area contributed by atoms with E-state index in [-0.39, 0.29) is 12.6 Å². The number of aliphatic hydroxyl groups excluding tert-OH is 1. The number of aliphatic hydroxyl groups is 1. The van der Waals surface area contributed by atoms with E-state index in [4.69, 9.17) is 21.9 Å². The van der Waals surface area contributed by atoms with Gasteiger partial charge in [0.05, 0.1) is 18.2 Å². The molecule has 1 atom stereocenters. The molecule has 6 heteroatoms. The third-order valence-corrected chi connectivity index (χ3v) is 3.30. The fraction of sp³-hybridized carbons (Fsp3) is 0.125. The fourth-order valence-electron chi connectivity index (χ4n) is 2.19. The minimum Gasteiger partial charge on any atom is -0.392 e. The summed E-state index contributed by atoms with van der Waals surface area (Å²) in [5, 5.41) is 23.2. The molecule has 2 rings (SSSR count). The molecule has 0 amide bonds. The molecule has 0 radical (unpaired) electrons. The van der Waals surface area contributed by atoms with E-state index in [1.807, 2.05) is 36.4 Å². The van der Waals surface area contributed by atoms with E-state index in [0.717, 1.165) is 23.0 Å². The zero-order chi connectivity index (χ0) is 15.9. The van der Waals surface area contributed by atoms with Gasteiger partial charge in [0, 0.05) is 0 Å². The van der Waals surface area contributed by atoms with Crippen molar-refractivity contribution in [1.29, 1.82) is 5.26 Å². The van der Waals surface area contributed by atoms with Crippen molar-refractivity contribution in [3.8, 4) is 6.07 Å². The minimum absolute atomic E-state index is 0.0187. The molecule has 2 aromatic carbocycles. The van der Waals surface area contributed by atoms with Crippen molar-refractivity contribution in [2.75, 3.05) is 0 Å². The van der Waals surface area contributed by atoms with Crippen LogP contribution >= 0.6 is 0 Å². The number of hydrogen-bond donors (Lipinski definition) is 3. The van der Waals surface area contributed by atoms with Gasteiger partial charge in [0.2, 0.25) is 0 Å². The summed E-state index contributed by atoms with van der Waals surface area (Å²) in [4.78, 5) is 0. The van der Waals surface area contributed by atoms with Crippen LogP contribution in [0, 0.1) is 11.3 Å². The van der Waals surface area contributed by atoms with Crippen molar-refractivity contribution in [2.45, 2.75) is 12.6 Å². The van der Waals surface area contributed by atoms with Gasteiger partial charge in [-0.05, 0) is 28.8 Å². The molecule has 0 fully saturated rings. The van der Waals surface area contributed by atoms with E-state index in [2.05, 4.69) is 11.2 Å². The molecule has 1 unspecified atom stereocenters. The zero-order valence-electron chi connectivity index (χ0n) is 11.9. The highest BCUT2D eigenvalue weighted by molar-refractivity contribution is 5.50. The smallest absolute Gasteiger partial charge is 0.114 e. The lowest BCUT2D eigenvalue weighted by atomic mass is 9.97. The standard InChI is InChI=1S/C16H17N5O/c17-9-12-1-5-14(6-2-12)16(21(19)20-11-18)15-7-3-13(10-22)4-8-15/h1-8,11,16,22H,10,19H2,(H2,18,20). The van der Waals surface area contributed by atoms with Gasteiger partial charge in [0.25, 0.3) is 0 Å². The van der Waals surface area contributed by atoms with Crippen LogP contribution < -0.4 is 11.6 Å². The number of nitrogens with zero attached hydrogens (tertiary/aromatic N) is 3. The summed E-state index contributed by atoms with van der Waals surface area (Å²) in [6, 6.07) is 16.2. The first kappa shape index (κ1) is 15.5.